The number of carbonyl (C=O) groups is 1. The van der Waals surface area contributed by atoms with Gasteiger partial charge in [0.2, 0.25) is 5.91 Å². The highest BCUT2D eigenvalue weighted by atomic mass is 35.5. The smallest absolute Gasteiger partial charge is 0.274 e. The van der Waals surface area contributed by atoms with Crippen LogP contribution in [0.2, 0.25) is 5.02 Å². The van der Waals surface area contributed by atoms with Crippen molar-refractivity contribution in [3.63, 3.8) is 0 Å². The Bertz CT molecular complexity index is 757. The largest absolute Gasteiger partial charge is 0.322 e. The van der Waals surface area contributed by atoms with Gasteiger partial charge in [-0.05, 0) is 30.7 Å². The van der Waals surface area contributed by atoms with Crippen LogP contribution in [0.25, 0.3) is 6.08 Å². The second-order valence-corrected chi connectivity index (χ2v) is 5.01. The number of benzene rings is 2. The van der Waals surface area contributed by atoms with E-state index in [0.29, 0.717) is 21.8 Å². The van der Waals surface area contributed by atoms with Crippen LogP contribution in [0.15, 0.2) is 48.5 Å². The maximum Gasteiger partial charge on any atom is 0.274 e. The van der Waals surface area contributed by atoms with Crippen molar-refractivity contribution in [3.8, 4) is 0 Å². The first-order chi connectivity index (χ1) is 10.5. The molecular weight excluding hydrogens is 304 g/mol. The lowest BCUT2D eigenvalue weighted by atomic mass is 10.2. The quantitative estimate of drug-likeness (QED) is 0.521. The third-order valence-corrected chi connectivity index (χ3v) is 3.34. The van der Waals surface area contributed by atoms with Crippen molar-refractivity contribution in [2.45, 2.75) is 6.92 Å². The molecule has 1 amide bonds. The van der Waals surface area contributed by atoms with Gasteiger partial charge in [0.1, 0.15) is 0 Å². The van der Waals surface area contributed by atoms with Crippen LogP contribution >= 0.6 is 11.6 Å². The van der Waals surface area contributed by atoms with Gasteiger partial charge in [-0.2, -0.15) is 0 Å². The van der Waals surface area contributed by atoms with Crippen molar-refractivity contribution in [1.29, 1.82) is 0 Å². The molecule has 2 rings (SSSR count). The topological polar surface area (TPSA) is 72.2 Å². The minimum atomic E-state index is -0.482. The summed E-state index contributed by atoms with van der Waals surface area (Å²) < 4.78 is 0. The third-order valence-electron chi connectivity index (χ3n) is 2.99. The van der Waals surface area contributed by atoms with Gasteiger partial charge in [-0.25, -0.2) is 0 Å². The molecule has 0 fully saturated rings. The molecule has 0 saturated carbocycles. The summed E-state index contributed by atoms with van der Waals surface area (Å²) in [6.07, 6.45) is 2.91. The monoisotopic (exact) mass is 316 g/mol. The molecule has 0 atom stereocenters. The predicted octanol–water partition coefficient (Wildman–Crippen LogP) is 4.21. The zero-order chi connectivity index (χ0) is 16.1. The Hall–Kier alpha value is -2.66. The number of nitrogens with one attached hydrogen (secondary N) is 1. The molecule has 6 heteroatoms. The first-order valence-electron chi connectivity index (χ1n) is 6.46. The van der Waals surface area contributed by atoms with E-state index in [4.69, 9.17) is 11.6 Å². The van der Waals surface area contributed by atoms with Gasteiger partial charge in [0, 0.05) is 28.4 Å². The van der Waals surface area contributed by atoms with Crippen LogP contribution < -0.4 is 5.32 Å². The van der Waals surface area contributed by atoms with Crippen LogP contribution in [0.5, 0.6) is 0 Å². The van der Waals surface area contributed by atoms with Crippen molar-refractivity contribution in [2.24, 2.45) is 0 Å². The van der Waals surface area contributed by atoms with Crippen molar-refractivity contribution < 1.29 is 9.72 Å². The number of carbonyl (C=O) groups excluding carboxylic acids is 1. The minimum absolute atomic E-state index is 0.0344. The van der Waals surface area contributed by atoms with Gasteiger partial charge in [0.15, 0.2) is 0 Å². The molecule has 0 radical (unpaired) electrons. The van der Waals surface area contributed by atoms with Gasteiger partial charge in [-0.3, -0.25) is 14.9 Å². The second-order valence-electron chi connectivity index (χ2n) is 4.60. The Morgan fingerprint density at radius 1 is 1.27 bits per heavy atom. The minimum Gasteiger partial charge on any atom is -0.322 e. The average Bonchev–Trinajstić information content (AvgIpc) is 2.48. The third kappa shape index (κ3) is 3.93. The molecule has 0 aromatic heterocycles. The van der Waals surface area contributed by atoms with Gasteiger partial charge in [-0.15, -0.1) is 0 Å². The van der Waals surface area contributed by atoms with E-state index in [-0.39, 0.29) is 5.69 Å². The van der Waals surface area contributed by atoms with Crippen LogP contribution in [-0.4, -0.2) is 10.8 Å². The number of nitro groups is 1. The predicted molar refractivity (Wildman–Crippen MR) is 86.9 cm³/mol. The molecule has 0 unspecified atom stereocenters. The number of amides is 1. The molecule has 2 aromatic carbocycles. The molecule has 0 saturated heterocycles. The Balaban J connectivity index is 2.11. The number of hydrogen-bond donors (Lipinski definition) is 1. The number of anilines is 1. The highest BCUT2D eigenvalue weighted by Gasteiger charge is 2.11. The highest BCUT2D eigenvalue weighted by molar-refractivity contribution is 6.32. The van der Waals surface area contributed by atoms with Gasteiger partial charge in [0.25, 0.3) is 5.69 Å². The summed E-state index contributed by atoms with van der Waals surface area (Å²) in [5.74, 6) is -0.391. The molecule has 22 heavy (non-hydrogen) atoms. The van der Waals surface area contributed by atoms with E-state index in [2.05, 4.69) is 5.32 Å². The molecule has 0 aliphatic rings. The molecule has 0 aliphatic heterocycles. The maximum absolute atomic E-state index is 11.9. The lowest BCUT2D eigenvalue weighted by molar-refractivity contribution is -0.385. The fourth-order valence-electron chi connectivity index (χ4n) is 1.84. The van der Waals surface area contributed by atoms with Crippen LogP contribution in [0.1, 0.15) is 11.1 Å². The highest BCUT2D eigenvalue weighted by Crippen LogP contribution is 2.22. The maximum atomic E-state index is 11.9. The van der Waals surface area contributed by atoms with Crippen LogP contribution in [0.3, 0.4) is 0 Å². The Labute approximate surface area is 132 Å². The molecule has 0 heterocycles. The summed E-state index contributed by atoms with van der Waals surface area (Å²) >= 11 is 5.98. The number of nitro benzene ring substituents is 1. The number of nitrogens with zero attached hydrogens (tertiary/aromatic N) is 1. The van der Waals surface area contributed by atoms with E-state index in [1.54, 1.807) is 43.3 Å². The zero-order valence-electron chi connectivity index (χ0n) is 11.7. The van der Waals surface area contributed by atoms with Gasteiger partial charge in [-0.1, -0.05) is 35.9 Å². The second kappa shape index (κ2) is 6.87. The fourth-order valence-corrected chi connectivity index (χ4v) is 2.04. The van der Waals surface area contributed by atoms with E-state index >= 15 is 0 Å². The van der Waals surface area contributed by atoms with E-state index in [1.165, 1.54) is 12.1 Å². The lowest BCUT2D eigenvalue weighted by Crippen LogP contribution is -2.08. The van der Waals surface area contributed by atoms with Gasteiger partial charge >= 0.3 is 0 Å². The Morgan fingerprint density at radius 2 is 2.00 bits per heavy atom. The lowest BCUT2D eigenvalue weighted by Gasteiger charge is -2.04. The molecule has 0 spiro atoms. The van der Waals surface area contributed by atoms with E-state index in [1.807, 2.05) is 6.07 Å². The summed E-state index contributed by atoms with van der Waals surface area (Å²) in [7, 11) is 0. The van der Waals surface area contributed by atoms with Crippen molar-refractivity contribution in [2.75, 3.05) is 5.32 Å². The normalized spacial score (nSPS) is 10.6. The van der Waals surface area contributed by atoms with E-state index in [0.717, 1.165) is 0 Å². The molecule has 2 aromatic rings. The summed E-state index contributed by atoms with van der Waals surface area (Å²) in [6.45, 7) is 1.64. The van der Waals surface area contributed by atoms with Crippen molar-refractivity contribution >= 4 is 35.0 Å². The van der Waals surface area contributed by atoms with Crippen molar-refractivity contribution in [1.82, 2.24) is 0 Å². The van der Waals surface area contributed by atoms with E-state index < -0.39 is 10.8 Å². The zero-order valence-corrected chi connectivity index (χ0v) is 12.5. The number of hydrogen-bond acceptors (Lipinski definition) is 3. The molecule has 0 aliphatic carbocycles. The molecule has 112 valence electrons. The van der Waals surface area contributed by atoms with Gasteiger partial charge < -0.3 is 5.32 Å². The Morgan fingerprint density at radius 3 is 2.68 bits per heavy atom. The average molecular weight is 317 g/mol. The fraction of sp³-hybridized carbons (Fsp3) is 0.0625. The standard InChI is InChI=1S/C16H13ClN2O3/c1-11-6-8-13(10-15(11)19(21)22)18-16(20)9-7-12-4-2-3-5-14(12)17/h2-10H,1H3,(H,18,20). The summed E-state index contributed by atoms with van der Waals surface area (Å²) in [6, 6.07) is 11.6. The first-order valence-corrected chi connectivity index (χ1v) is 6.84. The van der Waals surface area contributed by atoms with Crippen molar-refractivity contribution in [3.05, 3.63) is 74.8 Å². The van der Waals surface area contributed by atoms with Crippen LogP contribution in [0, 0.1) is 17.0 Å². The number of rotatable bonds is 4. The summed E-state index contributed by atoms with van der Waals surface area (Å²) in [4.78, 5) is 22.2. The SMILES string of the molecule is Cc1ccc(NC(=O)C=Cc2ccccc2Cl)cc1[N+](=O)[O-]. The van der Waals surface area contributed by atoms with E-state index in [9.17, 15) is 14.9 Å². The molecular formula is C16H13ClN2O3. The first kappa shape index (κ1) is 15.7. The molecule has 1 N–H and O–H groups in total. The Kier molecular flexibility index (Phi) is 4.91. The summed E-state index contributed by atoms with van der Waals surface area (Å²) in [5.41, 5.74) is 1.59. The number of halogens is 1. The van der Waals surface area contributed by atoms with Gasteiger partial charge in [0.05, 0.1) is 4.92 Å². The summed E-state index contributed by atoms with van der Waals surface area (Å²) in [5, 5.41) is 14.0. The number of aryl methyl sites for hydroxylation is 1. The molecule has 5 nitrogen and oxygen atoms in total. The molecule has 0 bridgehead atoms. The van der Waals surface area contributed by atoms with Crippen LogP contribution in [-0.2, 0) is 4.79 Å². The van der Waals surface area contributed by atoms with Crippen LogP contribution in [0.4, 0.5) is 11.4 Å².